The van der Waals surface area contributed by atoms with E-state index in [0.717, 1.165) is 42.8 Å². The smallest absolute Gasteiger partial charge is 0.272 e. The fourth-order valence-electron chi connectivity index (χ4n) is 3.41. The Morgan fingerprint density at radius 2 is 2.17 bits per heavy atom. The van der Waals surface area contributed by atoms with Crippen LogP contribution in [0.15, 0.2) is 30.6 Å². The molecule has 1 aliphatic heterocycles. The maximum Gasteiger partial charge on any atom is 0.272 e. The molecule has 0 spiro atoms. The largest absolute Gasteiger partial charge is 0.329 e. The van der Waals surface area contributed by atoms with Crippen LogP contribution in [0.2, 0.25) is 0 Å². The summed E-state index contributed by atoms with van der Waals surface area (Å²) in [7, 11) is 1.80. The molecule has 0 bridgehead atoms. The van der Waals surface area contributed by atoms with E-state index in [9.17, 15) is 4.79 Å². The molecule has 7 heteroatoms. The monoisotopic (exact) mass is 324 g/mol. The van der Waals surface area contributed by atoms with Crippen molar-refractivity contribution in [3.63, 3.8) is 0 Å². The van der Waals surface area contributed by atoms with Crippen LogP contribution in [0.4, 0.5) is 0 Å². The summed E-state index contributed by atoms with van der Waals surface area (Å²) in [5.41, 5.74) is 3.30. The van der Waals surface area contributed by atoms with Crippen molar-refractivity contribution in [3.05, 3.63) is 47.7 Å². The highest BCUT2D eigenvalue weighted by Gasteiger charge is 2.31. The first kappa shape index (κ1) is 14.9. The molecule has 124 valence electrons. The third-order valence-corrected chi connectivity index (χ3v) is 4.61. The van der Waals surface area contributed by atoms with E-state index in [1.807, 2.05) is 30.2 Å². The number of aryl methyl sites for hydroxylation is 2. The molecule has 1 atom stereocenters. The highest BCUT2D eigenvalue weighted by atomic mass is 16.2. The number of hydrogen-bond donors (Lipinski definition) is 0. The lowest BCUT2D eigenvalue weighted by atomic mass is 9.98. The minimum Gasteiger partial charge on any atom is -0.329 e. The van der Waals surface area contributed by atoms with Crippen molar-refractivity contribution in [2.45, 2.75) is 32.2 Å². The Balaban J connectivity index is 1.70. The number of amides is 1. The number of aromatic nitrogens is 5. The first-order chi connectivity index (χ1) is 11.6. The number of carbonyl (C=O) groups is 1. The zero-order valence-corrected chi connectivity index (χ0v) is 13.9. The van der Waals surface area contributed by atoms with E-state index in [4.69, 9.17) is 4.98 Å². The van der Waals surface area contributed by atoms with Gasteiger partial charge in [0.2, 0.25) is 0 Å². The zero-order valence-electron chi connectivity index (χ0n) is 13.9. The molecule has 0 saturated carbocycles. The van der Waals surface area contributed by atoms with E-state index >= 15 is 0 Å². The molecule has 4 heterocycles. The lowest BCUT2D eigenvalue weighted by Gasteiger charge is -2.35. The maximum atomic E-state index is 13.0. The van der Waals surface area contributed by atoms with Gasteiger partial charge in [0.25, 0.3) is 5.91 Å². The summed E-state index contributed by atoms with van der Waals surface area (Å²) in [6.07, 6.45) is 6.64. The van der Waals surface area contributed by atoms with Crippen LogP contribution in [0.3, 0.4) is 0 Å². The second-order valence-electron chi connectivity index (χ2n) is 6.29. The van der Waals surface area contributed by atoms with E-state index in [1.165, 1.54) is 0 Å². The fourth-order valence-corrected chi connectivity index (χ4v) is 3.41. The minimum atomic E-state index is 0.00126. The average molecular weight is 324 g/mol. The second kappa shape index (κ2) is 5.74. The lowest BCUT2D eigenvalue weighted by molar-refractivity contribution is 0.0595. The van der Waals surface area contributed by atoms with Gasteiger partial charge in [0, 0.05) is 32.1 Å². The van der Waals surface area contributed by atoms with Crippen molar-refractivity contribution < 1.29 is 4.79 Å². The summed E-state index contributed by atoms with van der Waals surface area (Å²) in [5, 5.41) is 8.48. The van der Waals surface area contributed by atoms with Crippen LogP contribution in [0.25, 0.3) is 5.65 Å². The first-order valence-corrected chi connectivity index (χ1v) is 8.25. The molecule has 3 aromatic heterocycles. The molecule has 7 nitrogen and oxygen atoms in total. The van der Waals surface area contributed by atoms with E-state index < -0.39 is 0 Å². The third kappa shape index (κ3) is 2.46. The fraction of sp³-hybridized carbons (Fsp3) is 0.412. The van der Waals surface area contributed by atoms with Crippen LogP contribution < -0.4 is 0 Å². The highest BCUT2D eigenvalue weighted by molar-refractivity contribution is 5.92. The Labute approximate surface area is 139 Å². The van der Waals surface area contributed by atoms with Crippen molar-refractivity contribution in [1.29, 1.82) is 0 Å². The molecule has 24 heavy (non-hydrogen) atoms. The number of piperidine rings is 1. The average Bonchev–Trinajstić information content (AvgIpc) is 3.18. The third-order valence-electron chi connectivity index (χ3n) is 4.61. The maximum absolute atomic E-state index is 13.0. The molecule has 4 rings (SSSR count). The van der Waals surface area contributed by atoms with Gasteiger partial charge in [0.05, 0.1) is 17.4 Å². The van der Waals surface area contributed by atoms with Crippen LogP contribution in [-0.2, 0) is 7.05 Å². The number of nitrogens with zero attached hydrogens (tertiary/aromatic N) is 6. The zero-order chi connectivity index (χ0) is 16.7. The lowest BCUT2D eigenvalue weighted by Crippen LogP contribution is -2.39. The molecule has 0 aliphatic carbocycles. The number of carbonyl (C=O) groups excluding carboxylic acids is 1. The Kier molecular flexibility index (Phi) is 3.55. The normalized spacial score (nSPS) is 18.2. The predicted octanol–water partition coefficient (Wildman–Crippen LogP) is 2.14. The first-order valence-electron chi connectivity index (χ1n) is 8.25. The molecule has 3 aromatic rings. The predicted molar refractivity (Wildman–Crippen MR) is 88.6 cm³/mol. The molecular formula is C17H20N6O. The molecule has 1 saturated heterocycles. The summed E-state index contributed by atoms with van der Waals surface area (Å²) in [6.45, 7) is 2.70. The molecule has 0 radical (unpaired) electrons. The Bertz CT molecular complexity index is 896. The van der Waals surface area contributed by atoms with Crippen molar-refractivity contribution in [2.24, 2.45) is 7.05 Å². The molecule has 1 aliphatic rings. The van der Waals surface area contributed by atoms with Gasteiger partial charge in [0.1, 0.15) is 5.69 Å². The van der Waals surface area contributed by atoms with Gasteiger partial charge in [-0.2, -0.15) is 10.2 Å². The standard InChI is InChI=1S/C17H20N6O/c1-12-11-16-19-13(7-10-23(16)20-12)14-5-3-4-9-22(14)17(24)15-6-8-18-21(15)2/h6-8,10-11,14H,3-5,9H2,1-2H3/t14-/m0/s1. The topological polar surface area (TPSA) is 68.3 Å². The summed E-state index contributed by atoms with van der Waals surface area (Å²) in [4.78, 5) is 19.6. The van der Waals surface area contributed by atoms with E-state index in [2.05, 4.69) is 10.2 Å². The van der Waals surface area contributed by atoms with Gasteiger partial charge >= 0.3 is 0 Å². The van der Waals surface area contributed by atoms with Crippen molar-refractivity contribution in [1.82, 2.24) is 29.3 Å². The quantitative estimate of drug-likeness (QED) is 0.724. The summed E-state index contributed by atoms with van der Waals surface area (Å²) >= 11 is 0. The van der Waals surface area contributed by atoms with E-state index in [1.54, 1.807) is 28.5 Å². The van der Waals surface area contributed by atoms with E-state index in [0.29, 0.717) is 5.69 Å². The highest BCUT2D eigenvalue weighted by Crippen LogP contribution is 2.31. The van der Waals surface area contributed by atoms with Crippen LogP contribution in [0, 0.1) is 6.92 Å². The SMILES string of the molecule is Cc1cc2nc([C@@H]3CCCCN3C(=O)c3ccnn3C)ccn2n1. The van der Waals surface area contributed by atoms with Crippen molar-refractivity contribution >= 4 is 11.6 Å². The summed E-state index contributed by atoms with van der Waals surface area (Å²) in [6, 6.07) is 5.70. The van der Waals surface area contributed by atoms with Crippen LogP contribution in [-0.4, -0.2) is 41.7 Å². The molecular weight excluding hydrogens is 304 g/mol. The van der Waals surface area contributed by atoms with Crippen molar-refractivity contribution in [3.8, 4) is 0 Å². The summed E-state index contributed by atoms with van der Waals surface area (Å²) in [5.74, 6) is 0.0195. The number of likely N-dealkylation sites (tertiary alicyclic amines) is 1. The van der Waals surface area contributed by atoms with Crippen LogP contribution in [0.1, 0.15) is 47.2 Å². The van der Waals surface area contributed by atoms with Gasteiger partial charge in [-0.15, -0.1) is 0 Å². The number of hydrogen-bond acceptors (Lipinski definition) is 4. The molecule has 0 unspecified atom stereocenters. The minimum absolute atomic E-state index is 0.00126. The van der Waals surface area contributed by atoms with E-state index in [-0.39, 0.29) is 11.9 Å². The van der Waals surface area contributed by atoms with Crippen molar-refractivity contribution in [2.75, 3.05) is 6.54 Å². The Hall–Kier alpha value is -2.70. The van der Waals surface area contributed by atoms with Gasteiger partial charge in [-0.3, -0.25) is 9.48 Å². The van der Waals surface area contributed by atoms with Gasteiger partial charge in [-0.1, -0.05) is 0 Å². The van der Waals surface area contributed by atoms with Gasteiger partial charge in [-0.05, 0) is 38.3 Å². The molecule has 0 N–H and O–H groups in total. The molecule has 0 aromatic carbocycles. The van der Waals surface area contributed by atoms with Gasteiger partial charge in [0.15, 0.2) is 5.65 Å². The van der Waals surface area contributed by atoms with Crippen LogP contribution in [0.5, 0.6) is 0 Å². The Morgan fingerprint density at radius 3 is 2.96 bits per heavy atom. The second-order valence-corrected chi connectivity index (χ2v) is 6.29. The number of rotatable bonds is 2. The molecule has 1 fully saturated rings. The number of fused-ring (bicyclic) bond motifs is 1. The van der Waals surface area contributed by atoms with Crippen LogP contribution >= 0.6 is 0 Å². The van der Waals surface area contributed by atoms with Gasteiger partial charge < -0.3 is 4.90 Å². The molecule has 1 amide bonds. The van der Waals surface area contributed by atoms with Gasteiger partial charge in [-0.25, -0.2) is 9.50 Å². The Morgan fingerprint density at radius 1 is 1.29 bits per heavy atom. The summed E-state index contributed by atoms with van der Waals surface area (Å²) < 4.78 is 3.40.